The van der Waals surface area contributed by atoms with Gasteiger partial charge in [0.1, 0.15) is 29.9 Å². The maximum Gasteiger partial charge on any atom is 0.132 e. The smallest absolute Gasteiger partial charge is 0.132 e. The molecule has 1 aliphatic rings. The lowest BCUT2D eigenvalue weighted by Crippen LogP contribution is -2.57. The van der Waals surface area contributed by atoms with E-state index in [4.69, 9.17) is 15.6 Å². The van der Waals surface area contributed by atoms with Crippen molar-refractivity contribution in [1.29, 1.82) is 0 Å². The predicted octanol–water partition coefficient (Wildman–Crippen LogP) is 0.125. The molecular formula is C16H25NO5S. The molecule has 0 unspecified atom stereocenters. The van der Waals surface area contributed by atoms with E-state index < -0.39 is 36.5 Å². The Labute approximate surface area is 140 Å². The Morgan fingerprint density at radius 3 is 2.57 bits per heavy atom. The minimum atomic E-state index is -1.30. The lowest BCUT2D eigenvalue weighted by Gasteiger charge is -2.39. The van der Waals surface area contributed by atoms with Crippen LogP contribution in [0.1, 0.15) is 18.4 Å². The summed E-state index contributed by atoms with van der Waals surface area (Å²) in [4.78, 5) is 0. The number of nitrogens with two attached hydrogens (primary N) is 1. The molecule has 130 valence electrons. The number of hydrogen-bond donors (Lipinski definition) is 5. The summed E-state index contributed by atoms with van der Waals surface area (Å²) in [6, 6.07) is 7.80. The first kappa shape index (κ1) is 18.5. The Balaban J connectivity index is 1.71. The molecule has 0 bridgehead atoms. The van der Waals surface area contributed by atoms with Gasteiger partial charge in [-0.1, -0.05) is 12.1 Å². The second-order valence-corrected chi connectivity index (χ2v) is 6.98. The van der Waals surface area contributed by atoms with E-state index in [9.17, 15) is 15.3 Å². The average molecular weight is 343 g/mol. The predicted molar refractivity (Wildman–Crippen MR) is 90.0 cm³/mol. The molecule has 1 fully saturated rings. The quantitative estimate of drug-likeness (QED) is 0.353. The van der Waals surface area contributed by atoms with Gasteiger partial charge in [0.05, 0.1) is 6.61 Å². The number of benzene rings is 1. The number of aliphatic hydroxyl groups excluding tert-OH is 4. The van der Waals surface area contributed by atoms with Crippen LogP contribution in [0.3, 0.4) is 0 Å². The van der Waals surface area contributed by atoms with Gasteiger partial charge in [0, 0.05) is 5.69 Å². The first-order valence-electron chi connectivity index (χ1n) is 7.79. The standard InChI is InChI=1S/C16H25NO5S/c17-11-6-3-5-10(8-11)4-1-2-7-23-16-15(21)14(20)13(19)12(9-18)22-16/h3,5-6,8,12-16,18-21H,1-2,4,7,9,17H2/t12-,13+,14+,15-,16+/m1/s1. The molecule has 0 aromatic heterocycles. The summed E-state index contributed by atoms with van der Waals surface area (Å²) in [5.41, 5.74) is 7.06. The summed E-state index contributed by atoms with van der Waals surface area (Å²) in [6.45, 7) is -0.391. The van der Waals surface area contributed by atoms with Crippen LogP contribution in [0.5, 0.6) is 0 Å². The Kier molecular flexibility index (Phi) is 7.13. The Hall–Kier alpha value is -0.830. The van der Waals surface area contributed by atoms with Crippen LogP contribution in [0.15, 0.2) is 24.3 Å². The fourth-order valence-electron chi connectivity index (χ4n) is 2.58. The first-order chi connectivity index (χ1) is 11.0. The topological polar surface area (TPSA) is 116 Å². The number of ether oxygens (including phenoxy) is 1. The summed E-state index contributed by atoms with van der Waals surface area (Å²) in [6.07, 6.45) is -1.76. The van der Waals surface area contributed by atoms with E-state index in [1.807, 2.05) is 24.3 Å². The van der Waals surface area contributed by atoms with Gasteiger partial charge < -0.3 is 30.9 Å². The Bertz CT molecular complexity index is 487. The molecule has 1 aromatic carbocycles. The molecule has 7 heteroatoms. The van der Waals surface area contributed by atoms with Gasteiger partial charge >= 0.3 is 0 Å². The van der Waals surface area contributed by atoms with E-state index in [0.717, 1.165) is 30.7 Å². The zero-order valence-corrected chi connectivity index (χ0v) is 13.7. The number of rotatable bonds is 7. The van der Waals surface area contributed by atoms with Crippen molar-refractivity contribution >= 4 is 17.4 Å². The van der Waals surface area contributed by atoms with Gasteiger partial charge in [-0.2, -0.15) is 0 Å². The first-order valence-corrected chi connectivity index (χ1v) is 8.84. The summed E-state index contributed by atoms with van der Waals surface area (Å²) in [5, 5.41) is 38.5. The fraction of sp³-hybridized carbons (Fsp3) is 0.625. The van der Waals surface area contributed by atoms with Crippen molar-refractivity contribution in [1.82, 2.24) is 0 Å². The van der Waals surface area contributed by atoms with Crippen molar-refractivity contribution in [2.45, 2.75) is 49.1 Å². The van der Waals surface area contributed by atoms with E-state index in [0.29, 0.717) is 0 Å². The van der Waals surface area contributed by atoms with Crippen LogP contribution in [-0.2, 0) is 11.2 Å². The molecule has 0 amide bonds. The molecule has 23 heavy (non-hydrogen) atoms. The highest BCUT2D eigenvalue weighted by molar-refractivity contribution is 7.99. The van der Waals surface area contributed by atoms with Gasteiger partial charge in [-0.25, -0.2) is 0 Å². The SMILES string of the molecule is Nc1cccc(CCCCS[C@@H]2O[C@H](CO)[C@H](O)[C@H](O)[C@H]2O)c1. The third-order valence-electron chi connectivity index (χ3n) is 3.94. The lowest BCUT2D eigenvalue weighted by molar-refractivity contribution is -0.205. The normalized spacial score (nSPS) is 31.2. The number of nitrogen functional groups attached to an aromatic ring is 1. The highest BCUT2D eigenvalue weighted by Crippen LogP contribution is 2.29. The summed E-state index contributed by atoms with van der Waals surface area (Å²) in [7, 11) is 0. The molecular weight excluding hydrogens is 318 g/mol. The van der Waals surface area contributed by atoms with Crippen LogP contribution in [0.2, 0.25) is 0 Å². The highest BCUT2D eigenvalue weighted by atomic mass is 32.2. The second-order valence-electron chi connectivity index (χ2n) is 5.77. The molecule has 6 N–H and O–H groups in total. The molecule has 1 aromatic rings. The maximum atomic E-state index is 9.93. The van der Waals surface area contributed by atoms with Gasteiger partial charge in [-0.05, 0) is 42.7 Å². The largest absolute Gasteiger partial charge is 0.399 e. The molecule has 2 rings (SSSR count). The van der Waals surface area contributed by atoms with Gasteiger partial charge in [-0.15, -0.1) is 11.8 Å². The van der Waals surface area contributed by atoms with E-state index in [-0.39, 0.29) is 0 Å². The Morgan fingerprint density at radius 1 is 1.09 bits per heavy atom. The van der Waals surface area contributed by atoms with Gasteiger partial charge in [-0.3, -0.25) is 0 Å². The zero-order chi connectivity index (χ0) is 16.8. The minimum Gasteiger partial charge on any atom is -0.399 e. The van der Waals surface area contributed by atoms with Crippen molar-refractivity contribution in [2.75, 3.05) is 18.1 Å². The maximum absolute atomic E-state index is 9.93. The van der Waals surface area contributed by atoms with Crippen LogP contribution >= 0.6 is 11.8 Å². The van der Waals surface area contributed by atoms with Crippen LogP contribution in [0.4, 0.5) is 5.69 Å². The second kappa shape index (κ2) is 8.86. The molecule has 0 aliphatic carbocycles. The molecule has 5 atom stereocenters. The van der Waals surface area contributed by atoms with E-state index in [1.165, 1.54) is 17.3 Å². The number of anilines is 1. The van der Waals surface area contributed by atoms with Crippen LogP contribution in [0, 0.1) is 0 Å². The van der Waals surface area contributed by atoms with Crippen LogP contribution < -0.4 is 5.73 Å². The number of thioether (sulfide) groups is 1. The summed E-state index contributed by atoms with van der Waals surface area (Å²) in [5.74, 6) is 0.755. The molecule has 1 aliphatic heterocycles. The highest BCUT2D eigenvalue weighted by Gasteiger charge is 2.43. The zero-order valence-electron chi connectivity index (χ0n) is 12.9. The molecule has 0 spiro atoms. The fourth-order valence-corrected chi connectivity index (χ4v) is 3.77. The molecule has 0 saturated carbocycles. The van der Waals surface area contributed by atoms with Crippen molar-refractivity contribution in [3.8, 4) is 0 Å². The van der Waals surface area contributed by atoms with Gasteiger partial charge in [0.2, 0.25) is 0 Å². The van der Waals surface area contributed by atoms with Gasteiger partial charge in [0.25, 0.3) is 0 Å². The molecule has 1 heterocycles. The lowest BCUT2D eigenvalue weighted by atomic mass is 10.0. The Morgan fingerprint density at radius 2 is 1.87 bits per heavy atom. The summed E-state index contributed by atoms with van der Waals surface area (Å²) < 4.78 is 5.45. The van der Waals surface area contributed by atoms with Crippen molar-refractivity contribution in [2.24, 2.45) is 0 Å². The number of aliphatic hydroxyl groups is 4. The number of unbranched alkanes of at least 4 members (excludes halogenated alkanes) is 1. The average Bonchev–Trinajstić information content (AvgIpc) is 2.54. The minimum absolute atomic E-state index is 0.391. The van der Waals surface area contributed by atoms with E-state index >= 15 is 0 Å². The number of hydrogen-bond acceptors (Lipinski definition) is 7. The van der Waals surface area contributed by atoms with Crippen LogP contribution in [-0.4, -0.2) is 62.6 Å². The monoisotopic (exact) mass is 343 g/mol. The summed E-state index contributed by atoms with van der Waals surface area (Å²) >= 11 is 1.39. The molecule has 0 radical (unpaired) electrons. The molecule has 1 saturated heterocycles. The van der Waals surface area contributed by atoms with Crippen molar-refractivity contribution < 1.29 is 25.2 Å². The third kappa shape index (κ3) is 5.07. The van der Waals surface area contributed by atoms with E-state index in [1.54, 1.807) is 0 Å². The van der Waals surface area contributed by atoms with E-state index in [2.05, 4.69) is 0 Å². The van der Waals surface area contributed by atoms with Crippen molar-refractivity contribution in [3.63, 3.8) is 0 Å². The molecule has 6 nitrogen and oxygen atoms in total. The van der Waals surface area contributed by atoms with Crippen LogP contribution in [0.25, 0.3) is 0 Å². The number of aryl methyl sites for hydroxylation is 1. The third-order valence-corrected chi connectivity index (χ3v) is 5.18. The van der Waals surface area contributed by atoms with Gasteiger partial charge in [0.15, 0.2) is 0 Å². The van der Waals surface area contributed by atoms with Crippen molar-refractivity contribution in [3.05, 3.63) is 29.8 Å².